The highest BCUT2D eigenvalue weighted by molar-refractivity contribution is 7.89. The van der Waals surface area contributed by atoms with Crippen molar-refractivity contribution in [1.29, 1.82) is 0 Å². The Morgan fingerprint density at radius 3 is 2.39 bits per heavy atom. The van der Waals surface area contributed by atoms with Gasteiger partial charge < -0.3 is 24.8 Å². The largest absolute Gasteiger partial charge is 0.481 e. The van der Waals surface area contributed by atoms with Gasteiger partial charge in [0.05, 0.1) is 17.6 Å². The lowest BCUT2D eigenvalue weighted by Gasteiger charge is -2.42. The van der Waals surface area contributed by atoms with Crippen molar-refractivity contribution in [2.75, 3.05) is 13.2 Å². The van der Waals surface area contributed by atoms with Crippen molar-refractivity contribution in [3.63, 3.8) is 0 Å². The maximum Gasteiger partial charge on any atom is 0.324 e. The summed E-state index contributed by atoms with van der Waals surface area (Å²) in [5, 5.41) is 30.6. The summed E-state index contributed by atoms with van der Waals surface area (Å²) in [6.45, 7) is 1.13. The summed E-state index contributed by atoms with van der Waals surface area (Å²) < 4.78 is 38.3. The smallest absolute Gasteiger partial charge is 0.324 e. The third kappa shape index (κ3) is 5.71. The zero-order valence-electron chi connectivity index (χ0n) is 17.9. The van der Waals surface area contributed by atoms with Crippen LogP contribution in [0.5, 0.6) is 5.75 Å². The summed E-state index contributed by atoms with van der Waals surface area (Å²) in [6, 6.07) is 12.5. The number of β-amino-alcohol motifs (C(OH)–C–C–N with tert-alkyl or cyclic N) is 1. The number of carboxylic acid groups (broad SMARTS) is 1. The Balaban J connectivity index is 1.87. The van der Waals surface area contributed by atoms with Gasteiger partial charge in [-0.05, 0) is 36.8 Å². The Kier molecular flexibility index (Phi) is 8.07. The fourth-order valence-corrected chi connectivity index (χ4v) is 5.09. The van der Waals surface area contributed by atoms with E-state index < -0.39 is 46.9 Å². The zero-order chi connectivity index (χ0) is 24.0. The maximum atomic E-state index is 13.3. The van der Waals surface area contributed by atoms with Crippen LogP contribution in [0.3, 0.4) is 0 Å². The van der Waals surface area contributed by atoms with Crippen LogP contribution in [0.15, 0.2) is 59.5 Å². The monoisotopic (exact) mass is 475 g/mol. The van der Waals surface area contributed by atoms with Crippen LogP contribution in [0.1, 0.15) is 12.5 Å². The van der Waals surface area contributed by atoms with Crippen molar-refractivity contribution in [2.24, 2.45) is 0 Å². The molecule has 0 spiro atoms. The molecule has 1 heterocycles. The number of carboxylic acids is 1. The Hall–Kier alpha value is -2.94. The highest BCUT2D eigenvalue weighted by Gasteiger charge is 2.51. The van der Waals surface area contributed by atoms with E-state index in [1.807, 2.05) is 0 Å². The lowest BCUT2D eigenvalue weighted by molar-refractivity contribution is -0.173. The molecule has 2 aromatic rings. The minimum atomic E-state index is -4.35. The highest BCUT2D eigenvalue weighted by Crippen LogP contribution is 2.29. The van der Waals surface area contributed by atoms with Crippen LogP contribution in [0.2, 0.25) is 0 Å². The standard InChI is InChI=1S/C23H25NO8S/c1-2-3-13-31-17-9-11-18(12-10-17)33(29,30)24-14-19(25)21(26)22(20(24)23(27)28)32-15-16-7-5-4-6-8-16/h4-12,19-22,25-26H,13-15H2,1H3,(H,27,28). The normalized spacial score (nSPS) is 23.4. The fraction of sp³-hybridized carbons (Fsp3) is 0.348. The van der Waals surface area contributed by atoms with Gasteiger partial charge in [0.1, 0.15) is 24.6 Å². The SMILES string of the molecule is CC#CCOc1ccc(S(=O)(=O)N2CC(O)C(O)C(OCc3ccccc3)C2C(=O)O)cc1. The van der Waals surface area contributed by atoms with E-state index in [4.69, 9.17) is 9.47 Å². The number of benzene rings is 2. The predicted octanol–water partition coefficient (Wildman–Crippen LogP) is 0.853. The molecule has 3 rings (SSSR count). The van der Waals surface area contributed by atoms with Gasteiger partial charge in [0.2, 0.25) is 10.0 Å². The topological polar surface area (TPSA) is 134 Å². The van der Waals surface area contributed by atoms with Gasteiger partial charge in [-0.3, -0.25) is 4.79 Å². The van der Waals surface area contributed by atoms with Crippen LogP contribution in [0.4, 0.5) is 0 Å². The van der Waals surface area contributed by atoms with Crippen LogP contribution in [-0.2, 0) is 26.2 Å². The van der Waals surface area contributed by atoms with E-state index >= 15 is 0 Å². The molecule has 33 heavy (non-hydrogen) atoms. The van der Waals surface area contributed by atoms with E-state index in [1.54, 1.807) is 37.3 Å². The molecule has 0 radical (unpaired) electrons. The Labute approximate surface area is 192 Å². The molecule has 4 atom stereocenters. The lowest BCUT2D eigenvalue weighted by Crippen LogP contribution is -2.65. The highest BCUT2D eigenvalue weighted by atomic mass is 32.2. The average Bonchev–Trinajstić information content (AvgIpc) is 2.80. The first kappa shape index (κ1) is 24.7. The Morgan fingerprint density at radius 1 is 1.12 bits per heavy atom. The number of piperidine rings is 1. The van der Waals surface area contributed by atoms with Gasteiger partial charge >= 0.3 is 5.97 Å². The first-order valence-electron chi connectivity index (χ1n) is 10.1. The number of sulfonamides is 1. The number of rotatable bonds is 8. The molecule has 10 heteroatoms. The molecular formula is C23H25NO8S. The lowest BCUT2D eigenvalue weighted by atomic mass is 9.95. The molecule has 0 bridgehead atoms. The maximum absolute atomic E-state index is 13.3. The third-order valence-electron chi connectivity index (χ3n) is 5.18. The number of carbonyl (C=O) groups is 1. The number of aliphatic carboxylic acids is 1. The van der Waals surface area contributed by atoms with Crippen LogP contribution < -0.4 is 4.74 Å². The van der Waals surface area contributed by atoms with Gasteiger partial charge in [0.15, 0.2) is 6.04 Å². The van der Waals surface area contributed by atoms with Crippen molar-refractivity contribution in [1.82, 2.24) is 4.31 Å². The van der Waals surface area contributed by atoms with E-state index in [0.717, 1.165) is 0 Å². The van der Waals surface area contributed by atoms with Crippen molar-refractivity contribution >= 4 is 16.0 Å². The second-order valence-corrected chi connectivity index (χ2v) is 9.25. The number of ether oxygens (including phenoxy) is 2. The summed E-state index contributed by atoms with van der Waals surface area (Å²) in [5.41, 5.74) is 0.701. The molecule has 0 amide bonds. The molecular weight excluding hydrogens is 450 g/mol. The van der Waals surface area contributed by atoms with Gasteiger partial charge in [-0.1, -0.05) is 36.3 Å². The first-order valence-corrected chi connectivity index (χ1v) is 11.6. The van der Waals surface area contributed by atoms with E-state index in [2.05, 4.69) is 11.8 Å². The molecule has 3 N–H and O–H groups in total. The zero-order valence-corrected chi connectivity index (χ0v) is 18.7. The van der Waals surface area contributed by atoms with Crippen molar-refractivity contribution in [3.05, 3.63) is 60.2 Å². The van der Waals surface area contributed by atoms with E-state index in [0.29, 0.717) is 15.6 Å². The van der Waals surface area contributed by atoms with Gasteiger partial charge in [0.25, 0.3) is 0 Å². The van der Waals surface area contributed by atoms with Crippen molar-refractivity contribution < 1.29 is 38.0 Å². The molecule has 1 aliphatic rings. The van der Waals surface area contributed by atoms with Crippen LogP contribution in [-0.4, -0.2) is 71.5 Å². The number of aliphatic hydroxyl groups is 2. The molecule has 2 aromatic carbocycles. The van der Waals surface area contributed by atoms with E-state index in [9.17, 15) is 28.5 Å². The summed E-state index contributed by atoms with van der Waals surface area (Å²) in [5.74, 6) is 4.29. The van der Waals surface area contributed by atoms with Crippen molar-refractivity contribution in [3.8, 4) is 17.6 Å². The number of aliphatic hydroxyl groups excluding tert-OH is 2. The van der Waals surface area contributed by atoms with E-state index in [1.165, 1.54) is 24.3 Å². The average molecular weight is 476 g/mol. The van der Waals surface area contributed by atoms with Crippen molar-refractivity contribution in [2.45, 2.75) is 42.8 Å². The molecule has 1 fully saturated rings. The number of hydrogen-bond donors (Lipinski definition) is 3. The molecule has 0 aromatic heterocycles. The molecule has 9 nitrogen and oxygen atoms in total. The summed E-state index contributed by atoms with van der Waals surface area (Å²) in [4.78, 5) is 11.9. The third-order valence-corrected chi connectivity index (χ3v) is 7.04. The summed E-state index contributed by atoms with van der Waals surface area (Å²) >= 11 is 0. The Morgan fingerprint density at radius 2 is 1.79 bits per heavy atom. The van der Waals surface area contributed by atoms with E-state index in [-0.39, 0.29) is 18.1 Å². The minimum Gasteiger partial charge on any atom is -0.481 e. The fourth-order valence-electron chi connectivity index (χ4n) is 3.48. The molecule has 4 unspecified atom stereocenters. The summed E-state index contributed by atoms with van der Waals surface area (Å²) in [7, 11) is -4.35. The van der Waals surface area contributed by atoms with Gasteiger partial charge in [-0.2, -0.15) is 4.31 Å². The minimum absolute atomic E-state index is 0.0698. The van der Waals surface area contributed by atoms with Crippen LogP contribution in [0, 0.1) is 11.8 Å². The molecule has 0 saturated carbocycles. The van der Waals surface area contributed by atoms with Gasteiger partial charge in [0, 0.05) is 6.54 Å². The molecule has 176 valence electrons. The van der Waals surface area contributed by atoms with Gasteiger partial charge in [-0.15, -0.1) is 5.92 Å². The molecule has 1 aliphatic heterocycles. The van der Waals surface area contributed by atoms with Crippen LogP contribution >= 0.6 is 0 Å². The second kappa shape index (κ2) is 10.8. The number of nitrogens with zero attached hydrogens (tertiary/aromatic N) is 1. The number of hydrogen-bond acceptors (Lipinski definition) is 7. The predicted molar refractivity (Wildman–Crippen MR) is 118 cm³/mol. The second-order valence-electron chi connectivity index (χ2n) is 7.36. The van der Waals surface area contributed by atoms with Crippen LogP contribution in [0.25, 0.3) is 0 Å². The quantitative estimate of drug-likeness (QED) is 0.479. The first-order chi connectivity index (χ1) is 15.8. The molecule has 1 saturated heterocycles. The Bertz CT molecular complexity index is 1110. The molecule has 0 aliphatic carbocycles. The van der Waals surface area contributed by atoms with Gasteiger partial charge in [-0.25, -0.2) is 8.42 Å². The summed E-state index contributed by atoms with van der Waals surface area (Å²) in [6.07, 6.45) is -4.61.